The molecule has 0 radical (unpaired) electrons. The van der Waals surface area contributed by atoms with Crippen molar-refractivity contribution in [3.63, 3.8) is 0 Å². The van der Waals surface area contributed by atoms with Crippen LogP contribution in [0.4, 0.5) is 11.6 Å². The zero-order valence-electron chi connectivity index (χ0n) is 8.39. The van der Waals surface area contributed by atoms with Gasteiger partial charge in [0.1, 0.15) is 5.82 Å². The molecule has 0 aromatic carbocycles. The Hall–Kier alpha value is -1.72. The minimum Gasteiger partial charge on any atom is -0.355 e. The fourth-order valence-electron chi connectivity index (χ4n) is 1.73. The van der Waals surface area contributed by atoms with Gasteiger partial charge in [-0.3, -0.25) is 4.98 Å². The molecule has 1 aliphatic heterocycles. The summed E-state index contributed by atoms with van der Waals surface area (Å²) in [5, 5.41) is 2.57. The van der Waals surface area contributed by atoms with Crippen LogP contribution in [0.25, 0.3) is 0 Å². The maximum absolute atomic E-state index is 10.0. The Morgan fingerprint density at radius 1 is 1.27 bits per heavy atom. The van der Waals surface area contributed by atoms with E-state index >= 15 is 0 Å². The minimum absolute atomic E-state index is 0.396. The number of nitrogens with one attached hydrogen (secondary N) is 1. The number of piperidine rings is 1. The molecule has 6 nitrogen and oxygen atoms in total. The van der Waals surface area contributed by atoms with Gasteiger partial charge in [-0.1, -0.05) is 0 Å². The third kappa shape index (κ3) is 2.39. The molecule has 1 aliphatic rings. The summed E-state index contributed by atoms with van der Waals surface area (Å²) in [6.07, 6.45) is 6.84. The number of nitroso groups, excluding NO2 is 1. The second kappa shape index (κ2) is 4.68. The first-order valence-corrected chi connectivity index (χ1v) is 5.05. The lowest BCUT2D eigenvalue weighted by atomic mass is 10.1. The third-order valence-electron chi connectivity index (χ3n) is 2.46. The lowest BCUT2D eigenvalue weighted by molar-refractivity contribution is 0.573. The second-order valence-corrected chi connectivity index (χ2v) is 3.51. The standard InChI is InChI=1S/C9H13N5O/c15-13-12-8-6-10-7-9(11-8)14-4-2-1-3-5-14/h6-7H,1-5H2,(H,11,12,15). The molecule has 6 heteroatoms. The smallest absolute Gasteiger partial charge is 0.169 e. The molecule has 1 fully saturated rings. The number of nitrogens with zero attached hydrogens (tertiary/aromatic N) is 4. The average Bonchev–Trinajstić information content (AvgIpc) is 2.31. The molecular weight excluding hydrogens is 194 g/mol. The van der Waals surface area contributed by atoms with E-state index in [1.54, 1.807) is 6.20 Å². The van der Waals surface area contributed by atoms with Crippen molar-refractivity contribution >= 4 is 11.6 Å². The molecule has 0 atom stereocenters. The summed E-state index contributed by atoms with van der Waals surface area (Å²) in [5.41, 5.74) is 2.26. The number of hydrogen-bond donors (Lipinski definition) is 1. The number of rotatable bonds is 3. The van der Waals surface area contributed by atoms with Crippen molar-refractivity contribution in [2.45, 2.75) is 19.3 Å². The Kier molecular flexibility index (Phi) is 3.06. The average molecular weight is 207 g/mol. The summed E-state index contributed by atoms with van der Waals surface area (Å²) in [6, 6.07) is 0. The van der Waals surface area contributed by atoms with Crippen molar-refractivity contribution in [1.82, 2.24) is 9.97 Å². The monoisotopic (exact) mass is 207 g/mol. The Balaban J connectivity index is 2.12. The summed E-state index contributed by atoms with van der Waals surface area (Å²) in [6.45, 7) is 2.01. The van der Waals surface area contributed by atoms with Crippen molar-refractivity contribution < 1.29 is 0 Å². The van der Waals surface area contributed by atoms with Crippen molar-refractivity contribution in [3.8, 4) is 0 Å². The van der Waals surface area contributed by atoms with Crippen LogP contribution in [-0.4, -0.2) is 23.1 Å². The van der Waals surface area contributed by atoms with E-state index in [9.17, 15) is 4.91 Å². The van der Waals surface area contributed by atoms with Crippen LogP contribution >= 0.6 is 0 Å². The Morgan fingerprint density at radius 2 is 2.07 bits per heavy atom. The highest BCUT2D eigenvalue weighted by Crippen LogP contribution is 2.17. The minimum atomic E-state index is 0.396. The van der Waals surface area contributed by atoms with E-state index < -0.39 is 0 Å². The first kappa shape index (κ1) is 9.82. The maximum Gasteiger partial charge on any atom is 0.169 e. The highest BCUT2D eigenvalue weighted by Gasteiger charge is 2.12. The van der Waals surface area contributed by atoms with Gasteiger partial charge in [0.05, 0.1) is 17.7 Å². The topological polar surface area (TPSA) is 70.5 Å². The summed E-state index contributed by atoms with van der Waals surface area (Å²) in [4.78, 5) is 20.5. The Labute approximate surface area is 87.7 Å². The largest absolute Gasteiger partial charge is 0.355 e. The number of aromatic nitrogens is 2. The molecule has 80 valence electrons. The molecule has 0 bridgehead atoms. The van der Waals surface area contributed by atoms with Crippen LogP contribution in [0, 0.1) is 4.91 Å². The highest BCUT2D eigenvalue weighted by molar-refractivity contribution is 5.43. The van der Waals surface area contributed by atoms with E-state index in [1.165, 1.54) is 25.5 Å². The predicted octanol–water partition coefficient (Wildman–Crippen LogP) is 1.56. The zero-order chi connectivity index (χ0) is 10.5. The molecule has 1 aromatic rings. The molecular formula is C9H13N5O. The Bertz CT molecular complexity index is 337. The van der Waals surface area contributed by atoms with E-state index in [0.29, 0.717) is 5.82 Å². The van der Waals surface area contributed by atoms with E-state index in [2.05, 4.69) is 25.6 Å². The van der Waals surface area contributed by atoms with Gasteiger partial charge in [0.15, 0.2) is 5.82 Å². The molecule has 0 spiro atoms. The Morgan fingerprint density at radius 3 is 2.80 bits per heavy atom. The van der Waals surface area contributed by atoms with Crippen LogP contribution in [0.2, 0.25) is 0 Å². The van der Waals surface area contributed by atoms with Crippen molar-refractivity contribution in [2.24, 2.45) is 5.29 Å². The summed E-state index contributed by atoms with van der Waals surface area (Å²) in [7, 11) is 0. The van der Waals surface area contributed by atoms with Crippen molar-refractivity contribution in [2.75, 3.05) is 23.4 Å². The fourth-order valence-corrected chi connectivity index (χ4v) is 1.73. The number of anilines is 2. The second-order valence-electron chi connectivity index (χ2n) is 3.51. The van der Waals surface area contributed by atoms with Gasteiger partial charge in [-0.05, 0) is 19.3 Å². The van der Waals surface area contributed by atoms with E-state index in [4.69, 9.17) is 0 Å². The molecule has 0 amide bonds. The molecule has 1 N–H and O–H groups in total. The fraction of sp³-hybridized carbons (Fsp3) is 0.556. The van der Waals surface area contributed by atoms with Crippen LogP contribution in [0.3, 0.4) is 0 Å². The summed E-state index contributed by atoms with van der Waals surface area (Å²) >= 11 is 0. The van der Waals surface area contributed by atoms with E-state index in [1.807, 2.05) is 0 Å². The maximum atomic E-state index is 10.0. The third-order valence-corrected chi connectivity index (χ3v) is 2.46. The summed E-state index contributed by atoms with van der Waals surface area (Å²) in [5.74, 6) is 1.21. The van der Waals surface area contributed by atoms with Crippen LogP contribution in [0.15, 0.2) is 17.7 Å². The molecule has 0 unspecified atom stereocenters. The quantitative estimate of drug-likeness (QED) is 0.601. The van der Waals surface area contributed by atoms with E-state index in [0.717, 1.165) is 18.9 Å². The van der Waals surface area contributed by atoms with E-state index in [-0.39, 0.29) is 0 Å². The van der Waals surface area contributed by atoms with Gasteiger partial charge in [0.25, 0.3) is 0 Å². The predicted molar refractivity (Wildman–Crippen MR) is 57.5 cm³/mol. The first-order valence-electron chi connectivity index (χ1n) is 5.05. The van der Waals surface area contributed by atoms with Crippen molar-refractivity contribution in [1.29, 1.82) is 0 Å². The van der Waals surface area contributed by atoms with Gasteiger partial charge in [0.2, 0.25) is 0 Å². The van der Waals surface area contributed by atoms with Gasteiger partial charge >= 0.3 is 0 Å². The highest BCUT2D eigenvalue weighted by atomic mass is 16.3. The molecule has 15 heavy (non-hydrogen) atoms. The number of hydrogen-bond acceptors (Lipinski definition) is 5. The lowest BCUT2D eigenvalue weighted by Gasteiger charge is -2.27. The molecule has 1 saturated heterocycles. The van der Waals surface area contributed by atoms with Crippen LogP contribution < -0.4 is 10.3 Å². The molecule has 0 aliphatic carbocycles. The van der Waals surface area contributed by atoms with Crippen molar-refractivity contribution in [3.05, 3.63) is 17.3 Å². The van der Waals surface area contributed by atoms with Gasteiger partial charge in [-0.2, -0.15) is 0 Å². The molecule has 2 rings (SSSR count). The lowest BCUT2D eigenvalue weighted by Crippen LogP contribution is -2.30. The molecule has 0 saturated carbocycles. The van der Waals surface area contributed by atoms with Gasteiger partial charge in [0, 0.05) is 13.1 Å². The van der Waals surface area contributed by atoms with Gasteiger partial charge in [-0.15, -0.1) is 4.91 Å². The SMILES string of the molecule is O=NNc1cncc(N2CCCCC2)n1. The molecule has 2 heterocycles. The normalized spacial score (nSPS) is 16.1. The van der Waals surface area contributed by atoms with Gasteiger partial charge < -0.3 is 4.90 Å². The van der Waals surface area contributed by atoms with Gasteiger partial charge in [-0.25, -0.2) is 10.4 Å². The molecule has 1 aromatic heterocycles. The summed E-state index contributed by atoms with van der Waals surface area (Å²) < 4.78 is 0. The first-order chi connectivity index (χ1) is 7.40. The van der Waals surface area contributed by atoms with Crippen LogP contribution in [0.1, 0.15) is 19.3 Å². The zero-order valence-corrected chi connectivity index (χ0v) is 8.39. The van der Waals surface area contributed by atoms with Crippen LogP contribution in [0.5, 0.6) is 0 Å². The van der Waals surface area contributed by atoms with Crippen LogP contribution in [-0.2, 0) is 0 Å².